The minimum atomic E-state index is -0.276. The van der Waals surface area contributed by atoms with Crippen molar-refractivity contribution in [3.8, 4) is 0 Å². The molecular formula is C38H44F2N8O. The number of hydrogen-bond donors (Lipinski definition) is 1. The molecule has 3 aromatic heterocycles. The van der Waals surface area contributed by atoms with Gasteiger partial charge in [-0.3, -0.25) is 19.7 Å². The fourth-order valence-electron chi connectivity index (χ4n) is 7.03. The van der Waals surface area contributed by atoms with Crippen LogP contribution in [0.25, 0.3) is 0 Å². The Morgan fingerprint density at radius 1 is 0.857 bits per heavy atom. The van der Waals surface area contributed by atoms with E-state index in [4.69, 9.17) is 0 Å². The van der Waals surface area contributed by atoms with Crippen molar-refractivity contribution >= 4 is 5.78 Å². The molecule has 9 nitrogen and oxygen atoms in total. The Morgan fingerprint density at radius 3 is 2.22 bits per heavy atom. The molecule has 0 spiro atoms. The van der Waals surface area contributed by atoms with Crippen LogP contribution in [0.1, 0.15) is 97.1 Å². The number of aromatic nitrogens is 6. The lowest BCUT2D eigenvalue weighted by molar-refractivity contribution is 0.0575. The van der Waals surface area contributed by atoms with Crippen LogP contribution < -0.4 is 5.32 Å². The van der Waals surface area contributed by atoms with Crippen LogP contribution in [-0.2, 0) is 6.42 Å². The van der Waals surface area contributed by atoms with Crippen LogP contribution in [0.4, 0.5) is 8.78 Å². The van der Waals surface area contributed by atoms with Crippen LogP contribution in [-0.4, -0.2) is 65.4 Å². The van der Waals surface area contributed by atoms with E-state index in [2.05, 4.69) is 41.6 Å². The summed E-state index contributed by atoms with van der Waals surface area (Å²) in [6.07, 6.45) is 17.7. The number of piperazine rings is 1. The third-order valence-corrected chi connectivity index (χ3v) is 9.79. The number of nitrogens with zero attached hydrogens (tertiary/aromatic N) is 7. The number of benzene rings is 2. The molecular weight excluding hydrogens is 622 g/mol. The molecule has 5 aromatic rings. The fourth-order valence-corrected chi connectivity index (χ4v) is 7.03. The number of imidazole rings is 2. The largest absolute Gasteiger partial charge is 0.326 e. The molecule has 2 aromatic carbocycles. The summed E-state index contributed by atoms with van der Waals surface area (Å²) in [6, 6.07) is 14.3. The average Bonchev–Trinajstić information content (AvgIpc) is 3.83. The maximum Gasteiger partial charge on any atom is 0.180 e. The SMILES string of the molecule is C[C@H](c1ccc(F)cc1)n1cncc1C(=O)CCCc1cnccn1.C[C@H](c1ccc(F)cc1)n1cncc1C1CCCC2CNCCN21. The predicted octanol–water partition coefficient (Wildman–Crippen LogP) is 6.76. The minimum Gasteiger partial charge on any atom is -0.326 e. The highest BCUT2D eigenvalue weighted by Gasteiger charge is 2.35. The maximum atomic E-state index is 13.2. The molecule has 0 aliphatic carbocycles. The van der Waals surface area contributed by atoms with Gasteiger partial charge < -0.3 is 14.5 Å². The predicted molar refractivity (Wildman–Crippen MR) is 184 cm³/mol. The maximum absolute atomic E-state index is 13.2. The number of rotatable bonds is 10. The van der Waals surface area contributed by atoms with E-state index in [1.807, 2.05) is 36.1 Å². The smallest absolute Gasteiger partial charge is 0.180 e. The van der Waals surface area contributed by atoms with Gasteiger partial charge in [0.15, 0.2) is 5.78 Å². The van der Waals surface area contributed by atoms with Gasteiger partial charge in [-0.25, -0.2) is 18.7 Å². The highest BCUT2D eigenvalue weighted by molar-refractivity contribution is 5.94. The van der Waals surface area contributed by atoms with Gasteiger partial charge in [0.25, 0.3) is 0 Å². The molecule has 7 rings (SSSR count). The molecule has 2 fully saturated rings. The second-order valence-electron chi connectivity index (χ2n) is 12.9. The summed E-state index contributed by atoms with van der Waals surface area (Å²) in [6.45, 7) is 7.39. The van der Waals surface area contributed by atoms with Crippen molar-refractivity contribution < 1.29 is 13.6 Å². The summed E-state index contributed by atoms with van der Waals surface area (Å²) in [5.74, 6) is -0.426. The Labute approximate surface area is 286 Å². The zero-order valence-corrected chi connectivity index (χ0v) is 28.1. The highest BCUT2D eigenvalue weighted by Crippen LogP contribution is 2.36. The van der Waals surface area contributed by atoms with Gasteiger partial charge in [0.2, 0.25) is 0 Å². The van der Waals surface area contributed by atoms with Gasteiger partial charge in [0.1, 0.15) is 17.3 Å². The molecule has 1 N–H and O–H groups in total. The van der Waals surface area contributed by atoms with Crippen molar-refractivity contribution in [1.82, 2.24) is 39.3 Å². The van der Waals surface area contributed by atoms with E-state index in [-0.39, 0.29) is 29.5 Å². The lowest BCUT2D eigenvalue weighted by Crippen LogP contribution is -2.54. The molecule has 4 atom stereocenters. The van der Waals surface area contributed by atoms with Gasteiger partial charge in [-0.2, -0.15) is 0 Å². The normalized spacial score (nSPS) is 18.9. The van der Waals surface area contributed by atoms with Gasteiger partial charge in [-0.15, -0.1) is 0 Å². The molecule has 2 unspecified atom stereocenters. The second kappa shape index (κ2) is 16.2. The van der Waals surface area contributed by atoms with E-state index in [0.717, 1.165) is 36.5 Å². The first kappa shape index (κ1) is 34.3. The molecule has 256 valence electrons. The van der Waals surface area contributed by atoms with Crippen LogP contribution in [0.15, 0.2) is 92.2 Å². The van der Waals surface area contributed by atoms with E-state index < -0.39 is 0 Å². The zero-order chi connectivity index (χ0) is 34.2. The number of piperidine rings is 1. The zero-order valence-electron chi connectivity index (χ0n) is 28.1. The molecule has 0 amide bonds. The van der Waals surface area contributed by atoms with E-state index in [1.54, 1.807) is 43.2 Å². The number of aryl methyl sites for hydroxylation is 1. The Balaban J connectivity index is 0.000000170. The summed E-state index contributed by atoms with van der Waals surface area (Å²) in [5, 5.41) is 3.52. The van der Waals surface area contributed by atoms with Crippen molar-refractivity contribution in [3.63, 3.8) is 0 Å². The Hall–Kier alpha value is -4.61. The number of ketones is 1. The van der Waals surface area contributed by atoms with Crippen molar-refractivity contribution in [2.75, 3.05) is 19.6 Å². The lowest BCUT2D eigenvalue weighted by atomic mass is 9.92. The Bertz CT molecular complexity index is 1770. The van der Waals surface area contributed by atoms with Crippen LogP contribution in [0.5, 0.6) is 0 Å². The quantitative estimate of drug-likeness (QED) is 0.165. The monoisotopic (exact) mass is 666 g/mol. The minimum absolute atomic E-state index is 0.0374. The number of carbonyl (C=O) groups excluding carboxylic acids is 1. The molecule has 2 aliphatic heterocycles. The van der Waals surface area contributed by atoms with Gasteiger partial charge in [-0.05, 0) is 81.3 Å². The first-order valence-corrected chi connectivity index (χ1v) is 17.2. The topological polar surface area (TPSA) is 93.8 Å². The lowest BCUT2D eigenvalue weighted by Gasteiger charge is -2.45. The molecule has 0 saturated carbocycles. The van der Waals surface area contributed by atoms with Crippen LogP contribution >= 0.6 is 0 Å². The van der Waals surface area contributed by atoms with Gasteiger partial charge in [-0.1, -0.05) is 24.3 Å². The standard InChI is InChI=1S/C19H19FN4O.C19H25FN4/c1-14(15-5-7-16(20)8-6-15)24-13-22-12-18(24)19(25)4-2-3-17-11-21-9-10-23-17;1-14(15-5-7-16(20)8-6-15)24-13-22-12-19(24)18-4-2-3-17-11-21-9-10-23(17)18/h5-14H,2-4H2,1H3;5-8,12-14,17-18,21H,2-4,9-11H2,1H3/t14-;14-,17?,18?/m11/s1. The molecule has 5 heterocycles. The number of carbonyl (C=O) groups is 1. The number of nitrogens with one attached hydrogen (secondary N) is 1. The second-order valence-corrected chi connectivity index (χ2v) is 12.9. The number of fused-ring (bicyclic) bond motifs is 1. The number of hydrogen-bond acceptors (Lipinski definition) is 7. The van der Waals surface area contributed by atoms with Gasteiger partial charge in [0.05, 0.1) is 48.4 Å². The number of halogens is 2. The first-order chi connectivity index (χ1) is 23.9. The van der Waals surface area contributed by atoms with E-state index in [1.165, 1.54) is 49.2 Å². The third-order valence-electron chi connectivity index (χ3n) is 9.79. The highest BCUT2D eigenvalue weighted by atomic mass is 19.1. The molecule has 2 aliphatic rings. The Morgan fingerprint density at radius 2 is 1.53 bits per heavy atom. The van der Waals surface area contributed by atoms with Crippen molar-refractivity contribution in [3.05, 3.63) is 132 Å². The summed E-state index contributed by atoms with van der Waals surface area (Å²) in [7, 11) is 0. The summed E-state index contributed by atoms with van der Waals surface area (Å²) < 4.78 is 30.4. The molecule has 0 bridgehead atoms. The Kier molecular flexibility index (Phi) is 11.3. The summed E-state index contributed by atoms with van der Waals surface area (Å²) >= 11 is 0. The number of Topliss-reactive ketones (excluding diaryl/α,β-unsaturated/α-hetero) is 1. The first-order valence-electron chi connectivity index (χ1n) is 17.2. The molecule has 11 heteroatoms. The van der Waals surface area contributed by atoms with Crippen LogP contribution in [0, 0.1) is 11.6 Å². The van der Waals surface area contributed by atoms with Gasteiger partial charge in [0, 0.05) is 56.9 Å². The third kappa shape index (κ3) is 8.34. The van der Waals surface area contributed by atoms with Crippen molar-refractivity contribution in [2.45, 2.75) is 76.5 Å². The summed E-state index contributed by atoms with van der Waals surface area (Å²) in [5.41, 5.74) is 4.77. The van der Waals surface area contributed by atoms with Crippen molar-refractivity contribution in [2.24, 2.45) is 0 Å². The van der Waals surface area contributed by atoms with Gasteiger partial charge >= 0.3 is 0 Å². The average molecular weight is 667 g/mol. The van der Waals surface area contributed by atoms with Crippen molar-refractivity contribution in [1.29, 1.82) is 0 Å². The van der Waals surface area contributed by atoms with E-state index in [9.17, 15) is 13.6 Å². The fraction of sp³-hybridized carbons (Fsp3) is 0.395. The van der Waals surface area contributed by atoms with E-state index in [0.29, 0.717) is 37.0 Å². The molecule has 2 saturated heterocycles. The van der Waals surface area contributed by atoms with Crippen LogP contribution in [0.3, 0.4) is 0 Å². The van der Waals surface area contributed by atoms with Crippen LogP contribution in [0.2, 0.25) is 0 Å². The summed E-state index contributed by atoms with van der Waals surface area (Å²) in [4.78, 5) is 32.0. The van der Waals surface area contributed by atoms with E-state index >= 15 is 0 Å². The molecule has 0 radical (unpaired) electrons. The molecule has 49 heavy (non-hydrogen) atoms.